The number of rotatable bonds is 5. The van der Waals surface area contributed by atoms with E-state index in [1.54, 1.807) is 0 Å². The minimum absolute atomic E-state index is 0. The van der Waals surface area contributed by atoms with Crippen molar-refractivity contribution in [2.24, 2.45) is 0 Å². The zero-order valence-electron chi connectivity index (χ0n) is 13.8. The van der Waals surface area contributed by atoms with E-state index < -0.39 is 6.89 Å². The molecule has 0 saturated carbocycles. The van der Waals surface area contributed by atoms with Gasteiger partial charge in [-0.05, 0) is 29.7 Å². The first-order valence-electron chi connectivity index (χ1n) is 7.89. The summed E-state index contributed by atoms with van der Waals surface area (Å²) >= 11 is 0. The molecular weight excluding hydrogens is 311 g/mol. The Labute approximate surface area is 145 Å². The molecule has 120 valence electrons. The molecule has 0 fully saturated rings. The van der Waals surface area contributed by atoms with E-state index in [9.17, 15) is 0 Å². The smallest absolute Gasteiger partial charge is 0.0497 e. The van der Waals surface area contributed by atoms with Gasteiger partial charge in [-0.25, -0.2) is 0 Å². The van der Waals surface area contributed by atoms with Crippen molar-refractivity contribution >= 4 is 28.8 Å². The summed E-state index contributed by atoms with van der Waals surface area (Å²) in [5, 5.41) is 3.93. The van der Waals surface area contributed by atoms with Crippen LogP contribution in [0, 0.1) is 7.43 Å². The van der Waals surface area contributed by atoms with Crippen LogP contribution in [-0.2, 0) is 4.74 Å². The first-order valence-corrected chi connectivity index (χ1v) is 9.75. The van der Waals surface area contributed by atoms with Crippen LogP contribution in [-0.4, -0.2) is 12.6 Å². The Morgan fingerprint density at radius 2 is 1.00 bits per heavy atom. The van der Waals surface area contributed by atoms with Gasteiger partial charge in [0.1, 0.15) is 0 Å². The van der Waals surface area contributed by atoms with Crippen molar-refractivity contribution in [1.29, 1.82) is 0 Å². The Kier molecular flexibility index (Phi) is 6.61. The summed E-state index contributed by atoms with van der Waals surface area (Å²) in [4.78, 5) is 0. The van der Waals surface area contributed by atoms with Gasteiger partial charge in [0.2, 0.25) is 0 Å². The molecule has 0 aromatic heterocycles. The van der Waals surface area contributed by atoms with Crippen molar-refractivity contribution in [3.63, 3.8) is 0 Å². The molecule has 3 aromatic carbocycles. The highest BCUT2D eigenvalue weighted by Gasteiger charge is 2.24. The molecule has 4 radical (unpaired) electrons. The van der Waals surface area contributed by atoms with Gasteiger partial charge in [0.05, 0.1) is 0 Å². The van der Waals surface area contributed by atoms with Crippen molar-refractivity contribution in [3.8, 4) is 0 Å². The fourth-order valence-electron chi connectivity index (χ4n) is 2.81. The van der Waals surface area contributed by atoms with Crippen molar-refractivity contribution in [1.82, 2.24) is 0 Å². The molecule has 2 heteroatoms. The Morgan fingerprint density at radius 1 is 0.667 bits per heavy atom. The van der Waals surface area contributed by atoms with Crippen molar-refractivity contribution in [2.45, 2.75) is 6.92 Å². The van der Waals surface area contributed by atoms with E-state index >= 15 is 0 Å². The Balaban J connectivity index is 0.00000208. The maximum absolute atomic E-state index is 5.89. The molecule has 0 saturated heterocycles. The summed E-state index contributed by atoms with van der Waals surface area (Å²) in [7, 11) is 0. The molecule has 0 amide bonds. The molecular formula is C22H21OP. The van der Waals surface area contributed by atoms with Crippen LogP contribution in [0.3, 0.4) is 0 Å². The van der Waals surface area contributed by atoms with Crippen LogP contribution >= 0.6 is 6.89 Å². The topological polar surface area (TPSA) is 9.23 Å². The average molecular weight is 332 g/mol. The highest BCUT2D eigenvalue weighted by atomic mass is 31.2. The largest absolute Gasteiger partial charge is 0.353 e. The normalized spacial score (nSPS) is 10.7. The average Bonchev–Trinajstić information content (AvgIpc) is 2.65. The number of ether oxygens (including phenoxy) is 1. The third-order valence-electron chi connectivity index (χ3n) is 3.89. The van der Waals surface area contributed by atoms with Crippen LogP contribution in [0.25, 0.3) is 0 Å². The molecule has 0 unspecified atom stereocenters. The van der Waals surface area contributed by atoms with Gasteiger partial charge < -0.3 is 4.74 Å². The third-order valence-corrected chi connectivity index (χ3v) is 7.69. The van der Waals surface area contributed by atoms with Gasteiger partial charge in [-0.15, -0.1) is 0 Å². The number of hydrogen-bond donors (Lipinski definition) is 0. The van der Waals surface area contributed by atoms with E-state index in [2.05, 4.69) is 97.0 Å². The van der Waals surface area contributed by atoms with E-state index in [4.69, 9.17) is 4.74 Å². The van der Waals surface area contributed by atoms with E-state index in [0.717, 1.165) is 0 Å². The minimum Gasteiger partial charge on any atom is -0.353 e. The van der Waals surface area contributed by atoms with Crippen molar-refractivity contribution in [2.75, 3.05) is 6.61 Å². The van der Waals surface area contributed by atoms with Crippen LogP contribution in [0.4, 0.5) is 0 Å². The second-order valence-corrected chi connectivity index (χ2v) is 8.50. The van der Waals surface area contributed by atoms with Gasteiger partial charge in [-0.3, -0.25) is 0 Å². The van der Waals surface area contributed by atoms with Crippen LogP contribution in [0.2, 0.25) is 0 Å². The fraction of sp³-hybridized carbons (Fsp3) is 0.0909. The Morgan fingerprint density at radius 3 is 1.29 bits per heavy atom. The van der Waals surface area contributed by atoms with E-state index in [1.165, 1.54) is 15.9 Å². The summed E-state index contributed by atoms with van der Waals surface area (Å²) in [6.45, 7) is 0.792. The summed E-state index contributed by atoms with van der Waals surface area (Å²) in [5.74, 6) is 2.09. The molecule has 0 aliphatic rings. The lowest BCUT2D eigenvalue weighted by Crippen LogP contribution is -2.27. The molecule has 0 aliphatic heterocycles. The van der Waals surface area contributed by atoms with E-state index in [-0.39, 0.29) is 7.43 Å². The van der Waals surface area contributed by atoms with Gasteiger partial charge in [-0.2, -0.15) is 0 Å². The Hall–Kier alpha value is -2.08. The molecule has 3 aromatic rings. The lowest BCUT2D eigenvalue weighted by Gasteiger charge is -2.28. The predicted octanol–water partition coefficient (Wildman–Crippen LogP) is 3.86. The molecule has 0 N–H and O–H groups in total. The monoisotopic (exact) mass is 332 g/mol. The van der Waals surface area contributed by atoms with Crippen LogP contribution in [0.15, 0.2) is 91.0 Å². The molecule has 3 rings (SSSR count). The van der Waals surface area contributed by atoms with Crippen LogP contribution in [0.1, 0.15) is 6.92 Å². The van der Waals surface area contributed by atoms with Gasteiger partial charge >= 0.3 is 0 Å². The van der Waals surface area contributed by atoms with Crippen LogP contribution < -0.4 is 15.9 Å². The molecule has 0 spiro atoms. The lowest BCUT2D eigenvalue weighted by atomic mass is 10.4. The standard InChI is InChI=1S/C21H21OP.C/c1-2-22-18-23(19-12-6-3-7-13-19,20-14-8-4-9-15-20)21-16-10-5-11-17-21;/h3-18H,2H2,1H3;. The summed E-state index contributed by atoms with van der Waals surface area (Å²) in [6, 6.07) is 32.1. The second kappa shape index (κ2) is 8.68. The quantitative estimate of drug-likeness (QED) is 0.645. The molecule has 0 aliphatic carbocycles. The molecule has 1 nitrogen and oxygen atoms in total. The zero-order chi connectivity index (χ0) is 16.0. The van der Waals surface area contributed by atoms with Crippen molar-refractivity contribution in [3.05, 3.63) is 98.4 Å². The van der Waals surface area contributed by atoms with Gasteiger partial charge in [0.25, 0.3) is 0 Å². The first-order chi connectivity index (χ1) is 11.4. The predicted molar refractivity (Wildman–Crippen MR) is 106 cm³/mol. The van der Waals surface area contributed by atoms with E-state index in [1.807, 2.05) is 6.92 Å². The maximum atomic E-state index is 5.89. The fourth-order valence-corrected chi connectivity index (χ4v) is 6.36. The molecule has 0 heterocycles. The third kappa shape index (κ3) is 3.53. The summed E-state index contributed by atoms with van der Waals surface area (Å²) < 4.78 is 5.89. The highest BCUT2D eigenvalue weighted by molar-refractivity contribution is 7.94. The number of hydrogen-bond acceptors (Lipinski definition) is 1. The summed E-state index contributed by atoms with van der Waals surface area (Å²) in [6.07, 6.45) is 0. The lowest BCUT2D eigenvalue weighted by molar-refractivity contribution is 0.351. The molecule has 0 atom stereocenters. The van der Waals surface area contributed by atoms with E-state index in [0.29, 0.717) is 6.61 Å². The summed E-state index contributed by atoms with van der Waals surface area (Å²) in [5.41, 5.74) is 0. The molecule has 0 bridgehead atoms. The van der Waals surface area contributed by atoms with Crippen LogP contribution in [0.5, 0.6) is 0 Å². The van der Waals surface area contributed by atoms with Gasteiger partial charge in [0.15, 0.2) is 0 Å². The second-order valence-electron chi connectivity index (χ2n) is 5.29. The Bertz CT molecular complexity index is 677. The highest BCUT2D eigenvalue weighted by Crippen LogP contribution is 2.43. The van der Waals surface area contributed by atoms with Gasteiger partial charge in [-0.1, -0.05) is 91.0 Å². The zero-order valence-corrected chi connectivity index (χ0v) is 14.7. The molecule has 24 heavy (non-hydrogen) atoms. The van der Waals surface area contributed by atoms with Gasteiger partial charge in [0, 0.05) is 20.0 Å². The van der Waals surface area contributed by atoms with Crippen molar-refractivity contribution < 1.29 is 4.74 Å². The SMILES string of the molecule is CCOC=P(c1ccccc1)(c1ccccc1)c1ccccc1.[C]. The first kappa shape index (κ1) is 18.3. The maximum Gasteiger partial charge on any atom is 0.0497 e. The number of benzene rings is 3. The minimum atomic E-state index is -1.92.